The van der Waals surface area contributed by atoms with Crippen LogP contribution in [0.1, 0.15) is 56.9 Å². The average Bonchev–Trinajstić information content (AvgIpc) is 3.34. The van der Waals surface area contributed by atoms with E-state index in [1.165, 1.54) is 12.1 Å². The second-order valence-electron chi connectivity index (χ2n) is 9.62. The molecule has 0 spiro atoms. The van der Waals surface area contributed by atoms with Gasteiger partial charge in [-0.1, -0.05) is 30.5 Å². The SMILES string of the molecule is N[C@H](CNC(=O)C1(c2ccc(F)cc2Cl)CCCC1)C1CCC(C(=O)Nc2ccncc2)CC1. The molecule has 4 rings (SSSR count). The van der Waals surface area contributed by atoms with Gasteiger partial charge < -0.3 is 16.4 Å². The molecule has 0 unspecified atom stereocenters. The number of rotatable bonds is 7. The summed E-state index contributed by atoms with van der Waals surface area (Å²) in [6.45, 7) is 0.373. The Kier molecular flexibility index (Phi) is 7.84. The van der Waals surface area contributed by atoms with Gasteiger partial charge in [0.05, 0.1) is 5.41 Å². The van der Waals surface area contributed by atoms with Crippen molar-refractivity contribution in [2.75, 3.05) is 11.9 Å². The highest BCUT2D eigenvalue weighted by Crippen LogP contribution is 2.44. The van der Waals surface area contributed by atoms with Crippen LogP contribution in [0.2, 0.25) is 5.02 Å². The summed E-state index contributed by atoms with van der Waals surface area (Å²) in [4.78, 5) is 29.9. The Balaban J connectivity index is 1.30. The highest BCUT2D eigenvalue weighted by molar-refractivity contribution is 6.31. The minimum absolute atomic E-state index is 0.0332. The lowest BCUT2D eigenvalue weighted by Gasteiger charge is -2.33. The number of aromatic nitrogens is 1. The fourth-order valence-corrected chi connectivity index (χ4v) is 5.86. The Morgan fingerprint density at radius 2 is 1.79 bits per heavy atom. The number of nitrogens with one attached hydrogen (secondary N) is 2. The van der Waals surface area contributed by atoms with Gasteiger partial charge in [-0.25, -0.2) is 4.39 Å². The maximum absolute atomic E-state index is 13.6. The van der Waals surface area contributed by atoms with Gasteiger partial charge in [0.15, 0.2) is 0 Å². The van der Waals surface area contributed by atoms with E-state index in [-0.39, 0.29) is 29.7 Å². The average molecular weight is 487 g/mol. The molecule has 4 N–H and O–H groups in total. The molecule has 2 aliphatic carbocycles. The molecule has 1 aromatic carbocycles. The van der Waals surface area contributed by atoms with Crippen molar-refractivity contribution in [1.82, 2.24) is 10.3 Å². The van der Waals surface area contributed by atoms with Gasteiger partial charge in [0.25, 0.3) is 0 Å². The van der Waals surface area contributed by atoms with E-state index in [0.29, 0.717) is 30.0 Å². The molecule has 2 fully saturated rings. The number of halogens is 2. The summed E-state index contributed by atoms with van der Waals surface area (Å²) in [6.07, 6.45) is 9.79. The van der Waals surface area contributed by atoms with Crippen molar-refractivity contribution < 1.29 is 14.0 Å². The van der Waals surface area contributed by atoms with Gasteiger partial charge >= 0.3 is 0 Å². The van der Waals surface area contributed by atoms with Crippen LogP contribution in [-0.2, 0) is 15.0 Å². The Bertz CT molecular complexity index is 1010. The molecule has 2 aromatic rings. The normalized spacial score (nSPS) is 22.7. The predicted molar refractivity (Wildman–Crippen MR) is 131 cm³/mol. The zero-order valence-electron chi connectivity index (χ0n) is 19.2. The maximum atomic E-state index is 13.6. The highest BCUT2D eigenvalue weighted by Gasteiger charge is 2.44. The van der Waals surface area contributed by atoms with Crippen LogP contribution < -0.4 is 16.4 Å². The number of carbonyl (C=O) groups excluding carboxylic acids is 2. The highest BCUT2D eigenvalue weighted by atomic mass is 35.5. The summed E-state index contributed by atoms with van der Waals surface area (Å²) in [5.41, 5.74) is 7.19. The third kappa shape index (κ3) is 5.41. The number of hydrogen-bond acceptors (Lipinski definition) is 4. The van der Waals surface area contributed by atoms with Crippen molar-refractivity contribution in [2.45, 2.75) is 62.8 Å². The Hall–Kier alpha value is -2.51. The summed E-state index contributed by atoms with van der Waals surface area (Å²) in [7, 11) is 0. The van der Waals surface area contributed by atoms with Crippen LogP contribution in [0.15, 0.2) is 42.7 Å². The van der Waals surface area contributed by atoms with Crippen LogP contribution in [0.5, 0.6) is 0 Å². The molecular formula is C26H32ClFN4O2. The zero-order valence-corrected chi connectivity index (χ0v) is 20.0. The summed E-state index contributed by atoms with van der Waals surface area (Å²) >= 11 is 6.34. The fraction of sp³-hybridized carbons (Fsp3) is 0.500. The molecular weight excluding hydrogens is 455 g/mol. The molecule has 1 aromatic heterocycles. The molecule has 2 aliphatic rings. The second kappa shape index (κ2) is 10.8. The first-order chi connectivity index (χ1) is 16.4. The topological polar surface area (TPSA) is 97.1 Å². The van der Waals surface area contributed by atoms with E-state index in [2.05, 4.69) is 15.6 Å². The number of pyridine rings is 1. The van der Waals surface area contributed by atoms with Crippen molar-refractivity contribution >= 4 is 29.1 Å². The zero-order chi connectivity index (χ0) is 24.1. The smallest absolute Gasteiger partial charge is 0.230 e. The number of nitrogens with two attached hydrogens (primary N) is 1. The molecule has 182 valence electrons. The van der Waals surface area contributed by atoms with E-state index < -0.39 is 11.2 Å². The van der Waals surface area contributed by atoms with Crippen LogP contribution in [0.3, 0.4) is 0 Å². The van der Waals surface area contributed by atoms with Gasteiger partial charge in [-0.05, 0) is 74.3 Å². The predicted octanol–water partition coefficient (Wildman–Crippen LogP) is 4.57. The molecule has 0 radical (unpaired) electrons. The lowest BCUT2D eigenvalue weighted by Crippen LogP contribution is -2.49. The molecule has 1 heterocycles. The second-order valence-corrected chi connectivity index (χ2v) is 10.0. The number of benzene rings is 1. The van der Waals surface area contributed by atoms with Crippen molar-refractivity contribution in [1.29, 1.82) is 0 Å². The van der Waals surface area contributed by atoms with Crippen molar-refractivity contribution in [3.05, 3.63) is 59.1 Å². The van der Waals surface area contributed by atoms with Crippen LogP contribution in [0.4, 0.5) is 10.1 Å². The molecule has 0 aliphatic heterocycles. The van der Waals surface area contributed by atoms with Crippen molar-refractivity contribution in [3.63, 3.8) is 0 Å². The molecule has 2 amide bonds. The van der Waals surface area contributed by atoms with Gasteiger partial charge in [-0.15, -0.1) is 0 Å². The van der Waals surface area contributed by atoms with Crippen molar-refractivity contribution in [2.24, 2.45) is 17.6 Å². The summed E-state index contributed by atoms with van der Waals surface area (Å²) in [5.74, 6) is -0.243. The minimum atomic E-state index is -0.729. The molecule has 2 saturated carbocycles. The first-order valence-electron chi connectivity index (χ1n) is 12.1. The minimum Gasteiger partial charge on any atom is -0.354 e. The number of nitrogens with zero attached hydrogens (tertiary/aromatic N) is 1. The van der Waals surface area contributed by atoms with E-state index in [4.69, 9.17) is 17.3 Å². The fourth-order valence-electron chi connectivity index (χ4n) is 5.51. The third-order valence-corrected chi connectivity index (χ3v) is 7.85. The standard InChI is InChI=1S/C26H32ClFN4O2/c27-22-15-19(28)7-8-21(22)26(11-1-2-12-26)25(34)31-16-23(29)17-3-5-18(6-4-17)24(33)32-20-9-13-30-14-10-20/h7-10,13-15,17-18,23H,1-6,11-12,16,29H2,(H,31,34)(H,30,32,33)/t17?,18?,23-/m1/s1. The van der Waals surface area contributed by atoms with Crippen LogP contribution >= 0.6 is 11.6 Å². The quantitative estimate of drug-likeness (QED) is 0.533. The molecule has 6 nitrogen and oxygen atoms in total. The molecule has 0 saturated heterocycles. The van der Waals surface area contributed by atoms with E-state index in [1.54, 1.807) is 30.6 Å². The summed E-state index contributed by atoms with van der Waals surface area (Å²) in [6, 6.07) is 7.65. The summed E-state index contributed by atoms with van der Waals surface area (Å²) in [5, 5.41) is 6.32. The summed E-state index contributed by atoms with van der Waals surface area (Å²) < 4.78 is 13.6. The number of hydrogen-bond donors (Lipinski definition) is 3. The first-order valence-corrected chi connectivity index (χ1v) is 12.5. The van der Waals surface area contributed by atoms with E-state index in [9.17, 15) is 14.0 Å². The Morgan fingerprint density at radius 3 is 2.44 bits per heavy atom. The molecule has 8 heteroatoms. The van der Waals surface area contributed by atoms with Crippen LogP contribution in [0.25, 0.3) is 0 Å². The lowest BCUT2D eigenvalue weighted by molar-refractivity contribution is -0.126. The third-order valence-electron chi connectivity index (χ3n) is 7.53. The van der Waals surface area contributed by atoms with Gasteiger partial charge in [-0.3, -0.25) is 14.6 Å². The Labute approximate surface area is 204 Å². The number of anilines is 1. The monoisotopic (exact) mass is 486 g/mol. The van der Waals surface area contributed by atoms with Gasteiger partial charge in [0.2, 0.25) is 11.8 Å². The van der Waals surface area contributed by atoms with E-state index in [0.717, 1.165) is 44.2 Å². The lowest BCUT2D eigenvalue weighted by atomic mass is 9.77. The van der Waals surface area contributed by atoms with Crippen molar-refractivity contribution in [3.8, 4) is 0 Å². The van der Waals surface area contributed by atoms with Crippen LogP contribution in [-0.4, -0.2) is 29.4 Å². The molecule has 34 heavy (non-hydrogen) atoms. The van der Waals surface area contributed by atoms with E-state index >= 15 is 0 Å². The van der Waals surface area contributed by atoms with Gasteiger partial charge in [0.1, 0.15) is 5.82 Å². The Morgan fingerprint density at radius 1 is 1.12 bits per heavy atom. The largest absolute Gasteiger partial charge is 0.354 e. The maximum Gasteiger partial charge on any atom is 0.230 e. The molecule has 1 atom stereocenters. The number of carbonyl (C=O) groups is 2. The first kappa shape index (κ1) is 24.6. The van der Waals surface area contributed by atoms with Gasteiger partial charge in [-0.2, -0.15) is 0 Å². The van der Waals surface area contributed by atoms with Gasteiger partial charge in [0, 0.05) is 41.6 Å². The number of amides is 2. The van der Waals surface area contributed by atoms with E-state index in [1.807, 2.05) is 0 Å². The molecule has 0 bridgehead atoms. The van der Waals surface area contributed by atoms with Crippen LogP contribution in [0, 0.1) is 17.7 Å².